The fraction of sp³-hybridized carbons (Fsp3) is 1.00. The molecular formula is C2H11N5O. The Kier molecular flexibility index (Phi) is 3.61. The van der Waals surface area contributed by atoms with Crippen molar-refractivity contribution >= 4 is 0 Å². The van der Waals surface area contributed by atoms with E-state index >= 15 is 0 Å². The predicted molar refractivity (Wildman–Crippen MR) is 27.8 cm³/mol. The first-order valence-electron chi connectivity index (χ1n) is 2.19. The molecule has 0 saturated carbocycles. The van der Waals surface area contributed by atoms with Gasteiger partial charge in [-0.15, -0.1) is 5.84 Å². The molecule has 2 unspecified atom stereocenters. The fourth-order valence-electron chi connectivity index (χ4n) is 0.210. The molecule has 0 aromatic carbocycles. The van der Waals surface area contributed by atoms with E-state index in [-0.39, 0.29) is 17.1 Å². The highest BCUT2D eigenvalue weighted by Gasteiger charge is 1.87. The van der Waals surface area contributed by atoms with Crippen LogP contribution in [0.15, 0.2) is 0 Å². The molecule has 0 aliphatic rings. The van der Waals surface area contributed by atoms with E-state index in [1.165, 1.54) is 7.05 Å². The van der Waals surface area contributed by atoms with Gasteiger partial charge in [0.25, 0.3) is 0 Å². The molecule has 50 valence electrons. The van der Waals surface area contributed by atoms with E-state index in [9.17, 15) is 5.21 Å². The van der Waals surface area contributed by atoms with Crippen LogP contribution in [0.5, 0.6) is 0 Å². The lowest BCUT2D eigenvalue weighted by molar-refractivity contribution is -1.46. The molecule has 0 rings (SSSR count). The molecule has 0 aliphatic carbocycles. The van der Waals surface area contributed by atoms with Crippen molar-refractivity contribution in [2.75, 3.05) is 13.7 Å². The van der Waals surface area contributed by atoms with E-state index in [4.69, 9.17) is 11.6 Å². The van der Waals surface area contributed by atoms with Gasteiger partial charge in [-0.2, -0.15) is 5.23 Å². The summed E-state index contributed by atoms with van der Waals surface area (Å²) in [5.41, 5.74) is 8.39. The third-order valence-corrected chi connectivity index (χ3v) is 0.622. The van der Waals surface area contributed by atoms with E-state index in [1.807, 2.05) is 0 Å². The second kappa shape index (κ2) is 3.72. The van der Waals surface area contributed by atoms with Crippen LogP contribution < -0.4 is 22.0 Å². The number of hydrogen-bond acceptors (Lipinski definition) is 3. The Hall–Kier alpha value is -0.240. The van der Waals surface area contributed by atoms with Crippen LogP contribution in [-0.2, 0) is 0 Å². The minimum absolute atomic E-state index is 0.00694. The van der Waals surface area contributed by atoms with Gasteiger partial charge in [-0.1, -0.05) is 6.67 Å². The Morgan fingerprint density at radius 2 is 2.25 bits per heavy atom. The second-order valence-corrected chi connectivity index (χ2v) is 1.28. The van der Waals surface area contributed by atoms with Gasteiger partial charge < -0.3 is 16.4 Å². The van der Waals surface area contributed by atoms with Crippen molar-refractivity contribution in [3.63, 3.8) is 0 Å². The molecule has 0 bridgehead atoms. The van der Waals surface area contributed by atoms with Crippen LogP contribution in [0.4, 0.5) is 0 Å². The lowest BCUT2D eigenvalue weighted by Gasteiger charge is -2.30. The summed E-state index contributed by atoms with van der Waals surface area (Å²) in [7, 11) is 1.34. The molecule has 0 aromatic rings. The predicted octanol–water partition coefficient (Wildman–Crippen LogP) is -4.12. The van der Waals surface area contributed by atoms with Crippen molar-refractivity contribution in [1.82, 2.24) is 0 Å². The third-order valence-electron chi connectivity index (χ3n) is 0.622. The van der Waals surface area contributed by atoms with Crippen LogP contribution in [-0.4, -0.2) is 13.7 Å². The lowest BCUT2D eigenvalue weighted by Crippen LogP contribution is -3.57. The molecule has 0 aromatic heterocycles. The van der Waals surface area contributed by atoms with Gasteiger partial charge in [-0.05, 0) is 0 Å². The zero-order valence-electron chi connectivity index (χ0n) is 4.72. The number of quaternary nitrogens is 2. The van der Waals surface area contributed by atoms with E-state index in [2.05, 4.69) is 5.43 Å². The van der Waals surface area contributed by atoms with Gasteiger partial charge in [-0.3, -0.25) is 0 Å². The van der Waals surface area contributed by atoms with Gasteiger partial charge in [-0.25, -0.2) is 5.17 Å². The standard InChI is InChI=1S/C2H11N5O/c1-6(8)7(4)5-2-3/h6-7H,2-4H2,1H3. The maximum atomic E-state index is 10.2. The summed E-state index contributed by atoms with van der Waals surface area (Å²) in [5.74, 6) is 5.05. The van der Waals surface area contributed by atoms with Gasteiger partial charge in [0.05, 0.1) is 0 Å². The summed E-state index contributed by atoms with van der Waals surface area (Å²) < 4.78 is 0. The summed E-state index contributed by atoms with van der Waals surface area (Å²) in [4.78, 5) is 0. The number of nitrogens with one attached hydrogen (secondary N) is 2. The van der Waals surface area contributed by atoms with E-state index in [0.29, 0.717) is 0 Å². The molecule has 6 nitrogen and oxygen atoms in total. The highest BCUT2D eigenvalue weighted by Crippen LogP contribution is 1.47. The average molecular weight is 121 g/mol. The summed E-state index contributed by atoms with van der Waals surface area (Å²) in [6.45, 7) is 0.0748. The van der Waals surface area contributed by atoms with E-state index in [0.717, 1.165) is 0 Å². The van der Waals surface area contributed by atoms with Crippen LogP contribution in [0.25, 0.3) is 5.43 Å². The number of hydroxylamine groups is 1. The van der Waals surface area contributed by atoms with Crippen LogP contribution >= 0.6 is 0 Å². The Balaban J connectivity index is 3.17. The van der Waals surface area contributed by atoms with Gasteiger partial charge in [0.2, 0.25) is 0 Å². The highest BCUT2D eigenvalue weighted by atomic mass is 16.6. The van der Waals surface area contributed by atoms with E-state index in [1.54, 1.807) is 0 Å². The Labute approximate surface area is 47.5 Å². The summed E-state index contributed by atoms with van der Waals surface area (Å²) >= 11 is 0. The van der Waals surface area contributed by atoms with Crippen molar-refractivity contribution in [3.8, 4) is 0 Å². The highest BCUT2D eigenvalue weighted by molar-refractivity contribution is 4.45. The smallest absolute Gasteiger partial charge is 0.111 e. The molecular weight excluding hydrogens is 110 g/mol. The molecule has 0 saturated heterocycles. The van der Waals surface area contributed by atoms with Gasteiger partial charge in [0.1, 0.15) is 7.05 Å². The Bertz CT molecular complexity index is 56.4. The molecule has 0 aliphatic heterocycles. The van der Waals surface area contributed by atoms with Crippen LogP contribution in [0.1, 0.15) is 0 Å². The normalized spacial score (nSPS) is 18.0. The monoisotopic (exact) mass is 121 g/mol. The van der Waals surface area contributed by atoms with Gasteiger partial charge in [0.15, 0.2) is 0 Å². The molecule has 0 amide bonds. The molecule has 0 heterocycles. The van der Waals surface area contributed by atoms with Gasteiger partial charge in [0, 0.05) is 0 Å². The molecule has 0 fully saturated rings. The quantitative estimate of drug-likeness (QED) is 0.225. The van der Waals surface area contributed by atoms with Crippen molar-refractivity contribution in [3.05, 3.63) is 10.6 Å². The van der Waals surface area contributed by atoms with Crippen molar-refractivity contribution in [2.45, 2.75) is 0 Å². The second-order valence-electron chi connectivity index (χ2n) is 1.28. The first kappa shape index (κ1) is 7.76. The minimum atomic E-state index is -0.240. The fourth-order valence-corrected chi connectivity index (χ4v) is 0.210. The number of hydrogen-bond donors (Lipinski definition) is 4. The summed E-state index contributed by atoms with van der Waals surface area (Å²) in [5, 5.41) is 9.98. The zero-order valence-corrected chi connectivity index (χ0v) is 4.72. The van der Waals surface area contributed by atoms with Crippen LogP contribution in [0.3, 0.4) is 0 Å². The molecule has 0 radical (unpaired) electrons. The molecule has 0 spiro atoms. The Morgan fingerprint density at radius 3 is 2.38 bits per heavy atom. The number of nitrogens with zero attached hydrogens (tertiary/aromatic N) is 1. The topological polar surface area (TPSA) is 98.1 Å². The van der Waals surface area contributed by atoms with Crippen molar-refractivity contribution in [2.24, 2.45) is 11.6 Å². The van der Waals surface area contributed by atoms with E-state index < -0.39 is 0 Å². The largest absolute Gasteiger partial charge is 0.583 e. The van der Waals surface area contributed by atoms with Gasteiger partial charge >= 0.3 is 0 Å². The van der Waals surface area contributed by atoms with Crippen LogP contribution in [0, 0.1) is 5.21 Å². The minimum Gasteiger partial charge on any atom is -0.583 e. The average Bonchev–Trinajstić information content (AvgIpc) is 1.67. The molecule has 6 N–H and O–H groups in total. The zero-order chi connectivity index (χ0) is 6.57. The lowest BCUT2D eigenvalue weighted by atomic mass is 11.2. The van der Waals surface area contributed by atoms with Crippen molar-refractivity contribution < 1.29 is 10.4 Å². The van der Waals surface area contributed by atoms with Crippen molar-refractivity contribution in [1.29, 1.82) is 0 Å². The molecule has 6 heteroatoms. The summed E-state index contributed by atoms with van der Waals surface area (Å²) in [6.07, 6.45) is 0. The first-order valence-corrected chi connectivity index (χ1v) is 2.19. The maximum Gasteiger partial charge on any atom is 0.111 e. The molecule has 8 heavy (non-hydrogen) atoms. The van der Waals surface area contributed by atoms with Crippen LogP contribution in [0.2, 0.25) is 0 Å². The summed E-state index contributed by atoms with van der Waals surface area (Å²) in [6, 6.07) is 0. The SMILES string of the molecule is C[NH+]([O-])[NH+](N)[N-]CN. The Morgan fingerprint density at radius 1 is 1.75 bits per heavy atom. The maximum absolute atomic E-state index is 10.2. The third kappa shape index (κ3) is 2.86. The number of rotatable bonds is 3. The number of nitrogens with two attached hydrogens (primary N) is 2. The first-order chi connectivity index (χ1) is 3.68. The molecule has 2 atom stereocenters.